The molecule has 4 rings (SSSR count). The van der Waals surface area contributed by atoms with Crippen LogP contribution in [0.15, 0.2) is 0 Å². The minimum atomic E-state index is -4.19. The third kappa shape index (κ3) is 4.20. The number of hydrogen-bond donors (Lipinski definition) is 2. The summed E-state index contributed by atoms with van der Waals surface area (Å²) >= 11 is 5.58. The van der Waals surface area contributed by atoms with Crippen molar-refractivity contribution < 1.29 is 22.9 Å². The third-order valence-electron chi connectivity index (χ3n) is 9.03. The van der Waals surface area contributed by atoms with Gasteiger partial charge in [-0.15, -0.1) is 0 Å². The Kier molecular flexibility index (Phi) is 6.31. The summed E-state index contributed by atoms with van der Waals surface area (Å²) in [5.41, 5.74) is -1.00. The van der Waals surface area contributed by atoms with Crippen molar-refractivity contribution in [3.8, 4) is 11.3 Å². The fourth-order valence-electron chi connectivity index (χ4n) is 7.84. The summed E-state index contributed by atoms with van der Waals surface area (Å²) in [6.45, 7) is 2.24. The van der Waals surface area contributed by atoms with Crippen molar-refractivity contribution >= 4 is 37.3 Å². The molecule has 30 heavy (non-hydrogen) atoms. The molecule has 0 radical (unpaired) electrons. The van der Waals surface area contributed by atoms with Gasteiger partial charge in [0.2, 0.25) is 0 Å². The number of carbonyl (C=O) groups excluding carboxylic acids is 1. The average Bonchev–Trinajstić information content (AvgIpc) is 3.02. The smallest absolute Gasteiger partial charge is 0.320 e. The zero-order valence-electron chi connectivity index (χ0n) is 17.3. The van der Waals surface area contributed by atoms with Gasteiger partial charge in [0, 0.05) is 22.1 Å². The summed E-state index contributed by atoms with van der Waals surface area (Å²) in [5.74, 6) is 5.41. The highest BCUT2D eigenvalue weighted by molar-refractivity contribution is 8.70. The van der Waals surface area contributed by atoms with Gasteiger partial charge in [-0.1, -0.05) is 12.8 Å². The van der Waals surface area contributed by atoms with Crippen molar-refractivity contribution in [2.45, 2.75) is 70.3 Å². The molecule has 4 aliphatic carbocycles. The molecule has 0 aliphatic heterocycles. The predicted molar refractivity (Wildman–Crippen MR) is 118 cm³/mol. The van der Waals surface area contributed by atoms with Crippen LogP contribution >= 0.6 is 22.4 Å². The van der Waals surface area contributed by atoms with Crippen LogP contribution in [0.3, 0.4) is 0 Å². The van der Waals surface area contributed by atoms with Crippen LogP contribution < -0.4 is 0 Å². The molecule has 0 saturated heterocycles. The lowest BCUT2D eigenvalue weighted by atomic mass is 9.49. The lowest BCUT2D eigenvalue weighted by Crippen LogP contribution is -2.51. The van der Waals surface area contributed by atoms with Gasteiger partial charge in [-0.2, -0.15) is 8.42 Å². The van der Waals surface area contributed by atoms with Gasteiger partial charge in [0.1, 0.15) is 11.4 Å². The second kappa shape index (κ2) is 8.26. The highest BCUT2D eigenvalue weighted by atomic mass is 35.5. The first-order valence-electron chi connectivity index (χ1n) is 11.1. The topological polar surface area (TPSA) is 91.7 Å². The Morgan fingerprint density at radius 3 is 2.53 bits per heavy atom. The van der Waals surface area contributed by atoms with Crippen LogP contribution in [0.5, 0.6) is 0 Å². The molecule has 0 amide bonds. The fourth-order valence-corrected chi connectivity index (χ4v) is 9.28. The maximum atomic E-state index is 12.8. The Hall–Kier alpha value is -0.260. The van der Waals surface area contributed by atoms with Crippen LogP contribution in [0.1, 0.15) is 64.7 Å². The lowest BCUT2D eigenvalue weighted by Gasteiger charge is -2.56. The van der Waals surface area contributed by atoms with E-state index in [2.05, 4.69) is 18.2 Å². The van der Waals surface area contributed by atoms with Crippen LogP contribution in [-0.4, -0.2) is 35.2 Å². The van der Waals surface area contributed by atoms with Gasteiger partial charge >= 0.3 is 9.15 Å². The quantitative estimate of drug-likeness (QED) is 0.358. The first kappa shape index (κ1) is 22.9. The molecule has 8 heteroatoms. The normalized spacial score (nSPS) is 45.5. The van der Waals surface area contributed by atoms with Crippen molar-refractivity contribution in [1.82, 2.24) is 0 Å². The molecule has 8 atom stereocenters. The van der Waals surface area contributed by atoms with Crippen molar-refractivity contribution in [2.75, 3.05) is 5.75 Å². The number of hydrogen-bond acceptors (Lipinski definition) is 5. The monoisotopic (exact) mass is 474 g/mol. The number of fused-ring (bicyclic) bond motifs is 5. The third-order valence-corrected chi connectivity index (χ3v) is 11.1. The molecule has 0 bridgehead atoms. The zero-order valence-corrected chi connectivity index (χ0v) is 19.7. The van der Waals surface area contributed by atoms with Crippen molar-refractivity contribution in [2.24, 2.45) is 40.9 Å². The zero-order chi connectivity index (χ0) is 21.7. The molecule has 3 unspecified atom stereocenters. The van der Waals surface area contributed by atoms with Gasteiger partial charge in [-0.05, 0) is 104 Å². The maximum Gasteiger partial charge on any atom is 0.320 e. The highest BCUT2D eigenvalue weighted by Crippen LogP contribution is 2.64. The van der Waals surface area contributed by atoms with Gasteiger partial charge < -0.3 is 5.11 Å². The second-order valence-corrected chi connectivity index (χ2v) is 13.8. The number of aliphatic hydroxyl groups is 1. The van der Waals surface area contributed by atoms with E-state index in [4.69, 9.17) is 16.2 Å². The summed E-state index contributed by atoms with van der Waals surface area (Å²) in [4.78, 5) is 12.8. The van der Waals surface area contributed by atoms with E-state index in [9.17, 15) is 18.3 Å². The Morgan fingerprint density at radius 1 is 1.10 bits per heavy atom. The Morgan fingerprint density at radius 2 is 1.83 bits per heavy atom. The Labute approximate surface area is 188 Å². The van der Waals surface area contributed by atoms with E-state index < -0.39 is 14.8 Å². The van der Waals surface area contributed by atoms with E-state index in [1.54, 1.807) is 0 Å². The van der Waals surface area contributed by atoms with E-state index >= 15 is 0 Å². The van der Waals surface area contributed by atoms with E-state index in [1.165, 1.54) is 0 Å². The van der Waals surface area contributed by atoms with Crippen molar-refractivity contribution in [3.63, 3.8) is 0 Å². The molecule has 0 aromatic rings. The number of halogens is 1. The van der Waals surface area contributed by atoms with Crippen LogP contribution in [0.4, 0.5) is 0 Å². The standard InChI is InChI=1S/C22H31ClO5S2/c1-21-8-6-16-15-7-9-22(25,10-11-23)12-14(15)2-3-17(16)18(21)4-5-19(21)20(24)13-29-30(26,27)28/h14-19,25H,2-9,12-13H2,1H3,(H,26,27,28)/t14-,15+,16?,17?,18?,19-,21+,22+/m1/s1. The van der Waals surface area contributed by atoms with Crippen molar-refractivity contribution in [3.05, 3.63) is 0 Å². The first-order valence-corrected chi connectivity index (χ1v) is 14.4. The molecule has 0 spiro atoms. The summed E-state index contributed by atoms with van der Waals surface area (Å²) in [6, 6.07) is 0. The van der Waals surface area contributed by atoms with Gasteiger partial charge in [0.15, 0.2) is 0 Å². The predicted octanol–water partition coefficient (Wildman–Crippen LogP) is 4.29. The average molecular weight is 475 g/mol. The Balaban J connectivity index is 1.46. The molecule has 4 fully saturated rings. The molecule has 4 aliphatic rings. The molecule has 168 valence electrons. The number of ketones is 1. The minimum absolute atomic E-state index is 0.0304. The first-order chi connectivity index (χ1) is 14.1. The van der Waals surface area contributed by atoms with Gasteiger partial charge in [-0.3, -0.25) is 9.35 Å². The molecule has 2 N–H and O–H groups in total. The van der Waals surface area contributed by atoms with Crippen molar-refractivity contribution in [1.29, 1.82) is 0 Å². The van der Waals surface area contributed by atoms with Crippen LogP contribution in [0.25, 0.3) is 0 Å². The highest BCUT2D eigenvalue weighted by Gasteiger charge is 2.58. The minimum Gasteiger partial charge on any atom is -0.378 e. The van der Waals surface area contributed by atoms with Crippen LogP contribution in [0, 0.1) is 52.2 Å². The second-order valence-electron chi connectivity index (χ2n) is 10.3. The fraction of sp³-hybridized carbons (Fsp3) is 0.864. The largest absolute Gasteiger partial charge is 0.378 e. The van der Waals surface area contributed by atoms with Gasteiger partial charge in [0.25, 0.3) is 0 Å². The molecular formula is C22H31ClO5S2. The van der Waals surface area contributed by atoms with E-state index in [0.717, 1.165) is 51.4 Å². The molecule has 0 aromatic carbocycles. The van der Waals surface area contributed by atoms with E-state index in [1.807, 2.05) is 0 Å². The summed E-state index contributed by atoms with van der Waals surface area (Å²) in [5, 5.41) is 13.1. The molecule has 4 saturated carbocycles. The number of rotatable bonds is 4. The summed E-state index contributed by atoms with van der Waals surface area (Å²) < 4.78 is 31.1. The summed E-state index contributed by atoms with van der Waals surface area (Å²) in [7, 11) is -3.84. The van der Waals surface area contributed by atoms with Gasteiger partial charge in [-0.25, -0.2) is 0 Å². The van der Waals surface area contributed by atoms with E-state index in [0.29, 0.717) is 46.8 Å². The van der Waals surface area contributed by atoms with Crippen LogP contribution in [0.2, 0.25) is 0 Å². The molecular weight excluding hydrogens is 444 g/mol. The maximum absolute atomic E-state index is 12.8. The van der Waals surface area contributed by atoms with E-state index in [-0.39, 0.29) is 22.9 Å². The SMILES string of the molecule is C[C@]12CCC3C(CC[C@@H]4C[C@@](O)(C#CCl)CC[C@H]34)C1CC[C@@H]2C(=O)CSS(=O)(=O)O. The number of carbonyl (C=O) groups is 1. The van der Waals surface area contributed by atoms with Crippen LogP contribution in [-0.2, 0) is 13.9 Å². The molecule has 0 heterocycles. The molecule has 5 nitrogen and oxygen atoms in total. The lowest BCUT2D eigenvalue weighted by molar-refractivity contribution is -0.129. The number of Topliss-reactive ketones (excluding diaryl/α,β-unsaturated/α-hetero) is 1. The Bertz CT molecular complexity index is 864. The van der Waals surface area contributed by atoms with Gasteiger partial charge in [0.05, 0.1) is 5.75 Å². The molecule has 0 aromatic heterocycles. The summed E-state index contributed by atoms with van der Waals surface area (Å²) in [6.07, 6.45) is 8.60.